The van der Waals surface area contributed by atoms with Crippen molar-refractivity contribution >= 4 is 34.8 Å². The predicted molar refractivity (Wildman–Crippen MR) is 99.5 cm³/mol. The van der Waals surface area contributed by atoms with Gasteiger partial charge in [0.05, 0.1) is 10.7 Å². The Kier molecular flexibility index (Phi) is 5.77. The summed E-state index contributed by atoms with van der Waals surface area (Å²) in [5.74, 6) is 0.0873. The van der Waals surface area contributed by atoms with Crippen molar-refractivity contribution in [3.8, 4) is 0 Å². The van der Waals surface area contributed by atoms with Crippen molar-refractivity contribution in [3.05, 3.63) is 64.1 Å². The Morgan fingerprint density at radius 3 is 2.29 bits per heavy atom. The van der Waals surface area contributed by atoms with Crippen LogP contribution in [0.2, 0.25) is 10.0 Å². The summed E-state index contributed by atoms with van der Waals surface area (Å²) < 4.78 is 0. The van der Waals surface area contributed by atoms with Gasteiger partial charge in [0.1, 0.15) is 0 Å². The summed E-state index contributed by atoms with van der Waals surface area (Å²) in [6.45, 7) is 2.62. The third-order valence-electron chi connectivity index (χ3n) is 4.44. The minimum absolute atomic E-state index is 0.0313. The molecule has 1 N–H and O–H groups in total. The number of amides is 1. The molecule has 2 aromatic carbocycles. The van der Waals surface area contributed by atoms with E-state index in [4.69, 9.17) is 23.2 Å². The minimum atomic E-state index is 0.0313. The van der Waals surface area contributed by atoms with Crippen molar-refractivity contribution < 1.29 is 4.79 Å². The summed E-state index contributed by atoms with van der Waals surface area (Å²) in [5, 5.41) is 4.32. The number of carbonyl (C=O) groups is 1. The molecule has 0 unspecified atom stereocenters. The van der Waals surface area contributed by atoms with Crippen LogP contribution >= 0.6 is 23.2 Å². The van der Waals surface area contributed by atoms with Gasteiger partial charge in [0, 0.05) is 17.5 Å². The van der Waals surface area contributed by atoms with Crippen molar-refractivity contribution in [3.63, 3.8) is 0 Å². The molecule has 0 aromatic heterocycles. The van der Waals surface area contributed by atoms with Gasteiger partial charge in [-0.25, -0.2) is 0 Å². The maximum Gasteiger partial charge on any atom is 0.227 e. The van der Waals surface area contributed by atoms with Crippen LogP contribution in [0.25, 0.3) is 0 Å². The molecule has 0 radical (unpaired) electrons. The van der Waals surface area contributed by atoms with E-state index in [9.17, 15) is 4.79 Å². The molecule has 1 heterocycles. The van der Waals surface area contributed by atoms with Gasteiger partial charge in [0.2, 0.25) is 5.91 Å². The Bertz CT molecular complexity index is 712. The van der Waals surface area contributed by atoms with Crippen molar-refractivity contribution in [2.24, 2.45) is 5.92 Å². The highest BCUT2D eigenvalue weighted by atomic mass is 35.5. The first-order chi connectivity index (χ1) is 11.6. The highest BCUT2D eigenvalue weighted by Gasteiger charge is 2.25. The number of hydrogen-bond donors (Lipinski definition) is 1. The van der Waals surface area contributed by atoms with Gasteiger partial charge in [-0.2, -0.15) is 0 Å². The minimum Gasteiger partial charge on any atom is -0.325 e. The Balaban J connectivity index is 1.52. The largest absolute Gasteiger partial charge is 0.325 e. The van der Waals surface area contributed by atoms with Gasteiger partial charge in [-0.05, 0) is 49.7 Å². The summed E-state index contributed by atoms with van der Waals surface area (Å²) in [4.78, 5) is 14.8. The van der Waals surface area contributed by atoms with E-state index in [1.807, 2.05) is 36.4 Å². The number of carbonyl (C=O) groups excluding carboxylic acids is 1. The zero-order chi connectivity index (χ0) is 16.9. The monoisotopic (exact) mass is 362 g/mol. The molecule has 1 fully saturated rings. The van der Waals surface area contributed by atoms with Crippen LogP contribution in [0.5, 0.6) is 0 Å². The second-order valence-corrected chi connectivity index (χ2v) is 6.93. The van der Waals surface area contributed by atoms with E-state index in [0.29, 0.717) is 10.7 Å². The molecule has 24 heavy (non-hydrogen) atoms. The van der Waals surface area contributed by atoms with Crippen molar-refractivity contribution in [1.82, 2.24) is 4.90 Å². The molecule has 0 spiro atoms. The smallest absolute Gasteiger partial charge is 0.227 e. The average molecular weight is 363 g/mol. The Morgan fingerprint density at radius 1 is 1.00 bits per heavy atom. The SMILES string of the molecule is O=C(Nc1ccccc1Cl)C1CCN(Cc2ccccc2Cl)CC1. The molecular formula is C19H20Cl2N2O. The Labute approximate surface area is 152 Å². The summed E-state index contributed by atoms with van der Waals surface area (Å²) in [6, 6.07) is 15.2. The van der Waals surface area contributed by atoms with Crippen LogP contribution in [-0.4, -0.2) is 23.9 Å². The first kappa shape index (κ1) is 17.3. The standard InChI is InChI=1S/C19H20Cl2N2O/c20-16-6-2-1-5-15(16)13-23-11-9-14(10-12-23)19(24)22-18-8-4-3-7-17(18)21/h1-8,14H,9-13H2,(H,22,24). The zero-order valence-corrected chi connectivity index (χ0v) is 14.9. The molecule has 1 aliphatic rings. The molecule has 0 aliphatic carbocycles. The fraction of sp³-hybridized carbons (Fsp3) is 0.316. The van der Waals surface area contributed by atoms with Crippen LogP contribution in [0.4, 0.5) is 5.69 Å². The fourth-order valence-corrected chi connectivity index (χ4v) is 3.40. The number of rotatable bonds is 4. The lowest BCUT2D eigenvalue weighted by atomic mass is 9.95. The Hall–Kier alpha value is -1.55. The maximum absolute atomic E-state index is 12.4. The summed E-state index contributed by atoms with van der Waals surface area (Å²) >= 11 is 12.3. The summed E-state index contributed by atoms with van der Waals surface area (Å²) in [7, 11) is 0. The second-order valence-electron chi connectivity index (χ2n) is 6.11. The molecule has 3 nitrogen and oxygen atoms in total. The Morgan fingerprint density at radius 2 is 1.62 bits per heavy atom. The number of halogens is 2. The van der Waals surface area contributed by atoms with Gasteiger partial charge < -0.3 is 5.32 Å². The number of likely N-dealkylation sites (tertiary alicyclic amines) is 1. The lowest BCUT2D eigenvalue weighted by molar-refractivity contribution is -0.121. The van der Waals surface area contributed by atoms with E-state index in [-0.39, 0.29) is 11.8 Å². The average Bonchev–Trinajstić information content (AvgIpc) is 2.59. The molecule has 0 saturated carbocycles. The molecule has 1 saturated heterocycles. The highest BCUT2D eigenvalue weighted by molar-refractivity contribution is 6.33. The molecule has 3 rings (SSSR count). The van der Waals surface area contributed by atoms with Gasteiger partial charge in [0.15, 0.2) is 0 Å². The van der Waals surface area contributed by atoms with Crippen LogP contribution in [0.1, 0.15) is 18.4 Å². The molecule has 126 valence electrons. The van der Waals surface area contributed by atoms with E-state index in [1.165, 1.54) is 0 Å². The van der Waals surface area contributed by atoms with Crippen molar-refractivity contribution in [2.45, 2.75) is 19.4 Å². The lowest BCUT2D eigenvalue weighted by Crippen LogP contribution is -2.37. The first-order valence-corrected chi connectivity index (χ1v) is 8.90. The number of piperidine rings is 1. The van der Waals surface area contributed by atoms with E-state index in [1.54, 1.807) is 6.07 Å². The molecule has 5 heteroatoms. The third kappa shape index (κ3) is 4.29. The summed E-state index contributed by atoms with van der Waals surface area (Å²) in [5.41, 5.74) is 1.82. The van der Waals surface area contributed by atoms with E-state index < -0.39 is 0 Å². The number of anilines is 1. The predicted octanol–water partition coefficient (Wildman–Crippen LogP) is 4.84. The number of benzene rings is 2. The number of hydrogen-bond acceptors (Lipinski definition) is 2. The molecular weight excluding hydrogens is 343 g/mol. The van der Waals surface area contributed by atoms with Crippen LogP contribution in [0.3, 0.4) is 0 Å². The molecule has 1 amide bonds. The summed E-state index contributed by atoms with van der Waals surface area (Å²) in [6.07, 6.45) is 1.70. The van der Waals surface area contributed by atoms with Crippen molar-refractivity contribution in [2.75, 3.05) is 18.4 Å². The second kappa shape index (κ2) is 8.02. The fourth-order valence-electron chi connectivity index (χ4n) is 3.02. The normalized spacial score (nSPS) is 16.1. The topological polar surface area (TPSA) is 32.3 Å². The van der Waals surface area contributed by atoms with Crippen molar-refractivity contribution in [1.29, 1.82) is 0 Å². The van der Waals surface area contributed by atoms with Crippen LogP contribution < -0.4 is 5.32 Å². The van der Waals surface area contributed by atoms with Gasteiger partial charge in [0.25, 0.3) is 0 Å². The number of nitrogens with zero attached hydrogens (tertiary/aromatic N) is 1. The van der Waals surface area contributed by atoms with Gasteiger partial charge >= 0.3 is 0 Å². The quantitative estimate of drug-likeness (QED) is 0.843. The first-order valence-electron chi connectivity index (χ1n) is 8.14. The van der Waals surface area contributed by atoms with Crippen LogP contribution in [-0.2, 0) is 11.3 Å². The number of nitrogens with one attached hydrogen (secondary N) is 1. The van der Waals surface area contributed by atoms with E-state index >= 15 is 0 Å². The molecule has 0 atom stereocenters. The van der Waals surface area contributed by atoms with Gasteiger partial charge in [-0.3, -0.25) is 9.69 Å². The van der Waals surface area contributed by atoms with Crippen LogP contribution in [0, 0.1) is 5.92 Å². The lowest BCUT2D eigenvalue weighted by Gasteiger charge is -2.31. The molecule has 1 aliphatic heterocycles. The zero-order valence-electron chi connectivity index (χ0n) is 13.3. The van der Waals surface area contributed by atoms with Crippen LogP contribution in [0.15, 0.2) is 48.5 Å². The van der Waals surface area contributed by atoms with E-state index in [0.717, 1.165) is 43.1 Å². The third-order valence-corrected chi connectivity index (χ3v) is 5.14. The number of para-hydroxylation sites is 1. The highest BCUT2D eigenvalue weighted by Crippen LogP contribution is 2.25. The molecule has 2 aromatic rings. The maximum atomic E-state index is 12.4. The van der Waals surface area contributed by atoms with Gasteiger partial charge in [-0.1, -0.05) is 53.5 Å². The molecule has 0 bridgehead atoms. The van der Waals surface area contributed by atoms with E-state index in [2.05, 4.69) is 16.3 Å². The van der Waals surface area contributed by atoms with Gasteiger partial charge in [-0.15, -0.1) is 0 Å².